The van der Waals surface area contributed by atoms with Crippen molar-refractivity contribution in [2.75, 3.05) is 41.0 Å². The molecule has 2 atom stereocenters. The molecule has 0 bridgehead atoms. The van der Waals surface area contributed by atoms with Crippen molar-refractivity contribution in [3.63, 3.8) is 0 Å². The molecule has 0 fully saturated rings. The molecular weight excluding hydrogens is 486 g/mol. The normalized spacial score (nSPS) is 19.0. The SMILES string of the molecule is COCCN(C)CCC[C@]1(O)c2ccccc2CCC[C@H]1c1ccc(Cl)c(OC)c1.O=C(O)C(=O)O. The quantitative estimate of drug-likeness (QED) is 0.332. The third-order valence-corrected chi connectivity index (χ3v) is 6.85. The summed E-state index contributed by atoms with van der Waals surface area (Å²) < 4.78 is 10.6. The van der Waals surface area contributed by atoms with Crippen molar-refractivity contribution in [2.24, 2.45) is 0 Å². The molecule has 9 heteroatoms. The average Bonchev–Trinajstić information content (AvgIpc) is 3.00. The van der Waals surface area contributed by atoms with Crippen molar-refractivity contribution in [3.05, 3.63) is 64.2 Å². The molecule has 0 amide bonds. The number of carboxylic acid groups (broad SMARTS) is 2. The fourth-order valence-electron chi connectivity index (χ4n) is 4.71. The van der Waals surface area contributed by atoms with Crippen LogP contribution in [0.4, 0.5) is 0 Å². The van der Waals surface area contributed by atoms with Crippen LogP contribution in [0.25, 0.3) is 0 Å². The Balaban J connectivity index is 0.000000678. The van der Waals surface area contributed by atoms with Gasteiger partial charge in [-0.3, -0.25) is 0 Å². The van der Waals surface area contributed by atoms with Gasteiger partial charge in [0.15, 0.2) is 0 Å². The average molecular weight is 522 g/mol. The van der Waals surface area contributed by atoms with Gasteiger partial charge in [0.05, 0.1) is 24.3 Å². The monoisotopic (exact) mass is 521 g/mol. The van der Waals surface area contributed by atoms with E-state index in [1.165, 1.54) is 5.56 Å². The van der Waals surface area contributed by atoms with Crippen LogP contribution in [0.15, 0.2) is 42.5 Å². The number of aliphatic carboxylic acids is 2. The van der Waals surface area contributed by atoms with Gasteiger partial charge in [-0.25, -0.2) is 9.59 Å². The predicted molar refractivity (Wildman–Crippen MR) is 138 cm³/mol. The summed E-state index contributed by atoms with van der Waals surface area (Å²) in [7, 11) is 5.46. The number of halogens is 1. The number of methoxy groups -OCH3 is 2. The lowest BCUT2D eigenvalue weighted by Gasteiger charge is -2.37. The van der Waals surface area contributed by atoms with Crippen LogP contribution in [0.3, 0.4) is 0 Å². The second kappa shape index (κ2) is 14.2. The van der Waals surface area contributed by atoms with Gasteiger partial charge in [0.25, 0.3) is 0 Å². The zero-order chi connectivity index (χ0) is 26.7. The Kier molecular flexibility index (Phi) is 11.7. The Morgan fingerprint density at radius 1 is 1.11 bits per heavy atom. The fraction of sp³-hybridized carbons (Fsp3) is 0.481. The molecule has 0 spiro atoms. The van der Waals surface area contributed by atoms with E-state index in [0.717, 1.165) is 56.5 Å². The summed E-state index contributed by atoms with van der Waals surface area (Å²) in [4.78, 5) is 20.5. The lowest BCUT2D eigenvalue weighted by molar-refractivity contribution is -0.159. The number of carbonyl (C=O) groups is 2. The minimum atomic E-state index is -1.82. The highest BCUT2D eigenvalue weighted by Gasteiger charge is 2.41. The van der Waals surface area contributed by atoms with Crippen molar-refractivity contribution in [2.45, 2.75) is 43.6 Å². The van der Waals surface area contributed by atoms with Crippen LogP contribution in [0.5, 0.6) is 5.75 Å². The molecule has 0 unspecified atom stereocenters. The molecule has 3 N–H and O–H groups in total. The molecular formula is C27H36ClNO7. The van der Waals surface area contributed by atoms with E-state index >= 15 is 0 Å². The van der Waals surface area contributed by atoms with E-state index in [9.17, 15) is 5.11 Å². The molecule has 0 aliphatic heterocycles. The fourth-order valence-corrected chi connectivity index (χ4v) is 4.90. The van der Waals surface area contributed by atoms with Gasteiger partial charge in [0.1, 0.15) is 5.75 Å². The van der Waals surface area contributed by atoms with Crippen LogP contribution in [0.2, 0.25) is 5.02 Å². The molecule has 2 aromatic carbocycles. The maximum atomic E-state index is 12.2. The summed E-state index contributed by atoms with van der Waals surface area (Å²) in [5, 5.41) is 27.6. The first kappa shape index (κ1) is 29.6. The van der Waals surface area contributed by atoms with Gasteiger partial charge in [-0.1, -0.05) is 41.9 Å². The Morgan fingerprint density at radius 3 is 2.44 bits per heavy atom. The first-order valence-electron chi connectivity index (χ1n) is 11.9. The van der Waals surface area contributed by atoms with Gasteiger partial charge >= 0.3 is 11.9 Å². The zero-order valence-corrected chi connectivity index (χ0v) is 21.8. The summed E-state index contributed by atoms with van der Waals surface area (Å²) in [6.45, 7) is 2.53. The number of likely N-dealkylation sites (N-methyl/N-ethyl adjacent to an activating group) is 1. The molecule has 0 saturated carbocycles. The number of aryl methyl sites for hydroxylation is 1. The maximum Gasteiger partial charge on any atom is 0.414 e. The van der Waals surface area contributed by atoms with Crippen molar-refractivity contribution in [1.29, 1.82) is 0 Å². The Bertz CT molecular complexity index is 1000. The molecule has 1 aliphatic rings. The summed E-state index contributed by atoms with van der Waals surface area (Å²) in [6, 6.07) is 14.3. The van der Waals surface area contributed by atoms with Gasteiger partial charge in [0.2, 0.25) is 0 Å². The molecule has 0 aromatic heterocycles. The standard InChI is InChI=1S/C25H34ClNO3.C2H2O4/c1-27(16-17-29-2)15-7-14-25(28)21-10-5-4-8-19(21)9-6-11-22(25)20-12-13-23(26)24(18-20)30-3;3-1(4)2(5)6/h4-5,8,10,12-13,18,22,28H,6-7,9,11,14-17H2,1-3H3;(H,3,4)(H,5,6)/t22-,25-;/m0./s1. The van der Waals surface area contributed by atoms with Crippen molar-refractivity contribution in [1.82, 2.24) is 4.90 Å². The first-order chi connectivity index (χ1) is 17.1. The Labute approximate surface area is 217 Å². The minimum absolute atomic E-state index is 0.00315. The number of aliphatic hydroxyl groups is 1. The highest BCUT2D eigenvalue weighted by Crippen LogP contribution is 2.48. The summed E-state index contributed by atoms with van der Waals surface area (Å²) in [5.74, 6) is -2.99. The maximum absolute atomic E-state index is 12.2. The topological polar surface area (TPSA) is 117 Å². The molecule has 0 radical (unpaired) electrons. The first-order valence-corrected chi connectivity index (χ1v) is 12.3. The number of nitrogens with zero attached hydrogens (tertiary/aromatic N) is 1. The van der Waals surface area contributed by atoms with Crippen LogP contribution < -0.4 is 4.74 Å². The number of hydrogen-bond donors (Lipinski definition) is 3. The lowest BCUT2D eigenvalue weighted by atomic mass is 9.73. The third-order valence-electron chi connectivity index (χ3n) is 6.53. The molecule has 8 nitrogen and oxygen atoms in total. The number of hydrogen-bond acceptors (Lipinski definition) is 6. The van der Waals surface area contributed by atoms with Crippen LogP contribution >= 0.6 is 11.6 Å². The van der Waals surface area contributed by atoms with Gasteiger partial charge in [-0.15, -0.1) is 0 Å². The van der Waals surface area contributed by atoms with E-state index in [1.807, 2.05) is 24.3 Å². The minimum Gasteiger partial charge on any atom is -0.495 e. The van der Waals surface area contributed by atoms with E-state index < -0.39 is 17.5 Å². The Hall–Kier alpha value is -2.65. The van der Waals surface area contributed by atoms with Crippen molar-refractivity contribution < 1.29 is 34.4 Å². The van der Waals surface area contributed by atoms with E-state index in [1.54, 1.807) is 14.2 Å². The molecule has 0 saturated heterocycles. The second-order valence-corrected chi connectivity index (χ2v) is 9.34. The van der Waals surface area contributed by atoms with Crippen molar-refractivity contribution in [3.8, 4) is 5.75 Å². The van der Waals surface area contributed by atoms with Crippen LogP contribution in [0, 0.1) is 0 Å². The summed E-state index contributed by atoms with van der Waals surface area (Å²) >= 11 is 6.28. The number of fused-ring (bicyclic) bond motifs is 1. The molecule has 36 heavy (non-hydrogen) atoms. The van der Waals surface area contributed by atoms with Crippen LogP contribution in [0.1, 0.15) is 48.3 Å². The number of carboxylic acids is 2. The number of rotatable bonds is 9. The van der Waals surface area contributed by atoms with Crippen LogP contribution in [-0.4, -0.2) is 73.1 Å². The third kappa shape index (κ3) is 7.93. The zero-order valence-electron chi connectivity index (χ0n) is 21.1. The second-order valence-electron chi connectivity index (χ2n) is 8.93. The summed E-state index contributed by atoms with van der Waals surface area (Å²) in [6.07, 6.45) is 4.58. The largest absolute Gasteiger partial charge is 0.495 e. The molecule has 3 rings (SSSR count). The molecule has 198 valence electrons. The van der Waals surface area contributed by atoms with Gasteiger partial charge in [0, 0.05) is 19.6 Å². The van der Waals surface area contributed by atoms with Gasteiger partial charge < -0.3 is 29.7 Å². The highest BCUT2D eigenvalue weighted by atomic mass is 35.5. The molecule has 0 heterocycles. The summed E-state index contributed by atoms with van der Waals surface area (Å²) in [5.41, 5.74) is 2.49. The highest BCUT2D eigenvalue weighted by molar-refractivity contribution is 6.32. The molecule has 2 aromatic rings. The van der Waals surface area contributed by atoms with Gasteiger partial charge in [-0.2, -0.15) is 0 Å². The van der Waals surface area contributed by atoms with E-state index in [0.29, 0.717) is 17.2 Å². The lowest BCUT2D eigenvalue weighted by Crippen LogP contribution is -2.35. The predicted octanol–water partition coefficient (Wildman–Crippen LogP) is 4.17. The Morgan fingerprint density at radius 2 is 1.81 bits per heavy atom. The van der Waals surface area contributed by atoms with E-state index in [2.05, 4.69) is 30.1 Å². The van der Waals surface area contributed by atoms with E-state index in [4.69, 9.17) is 40.9 Å². The number of ether oxygens (including phenoxy) is 2. The van der Waals surface area contributed by atoms with Crippen molar-refractivity contribution >= 4 is 23.5 Å². The molecule has 1 aliphatic carbocycles. The van der Waals surface area contributed by atoms with Crippen LogP contribution in [-0.2, 0) is 26.3 Å². The van der Waals surface area contributed by atoms with Gasteiger partial charge in [-0.05, 0) is 74.5 Å². The van der Waals surface area contributed by atoms with E-state index in [-0.39, 0.29) is 5.92 Å². The number of benzene rings is 2. The smallest absolute Gasteiger partial charge is 0.414 e.